The molecular weight excluding hydrogens is 205 g/mol. The lowest BCUT2D eigenvalue weighted by Crippen LogP contribution is -2.37. The van der Waals surface area contributed by atoms with Gasteiger partial charge in [0.05, 0.1) is 0 Å². The highest BCUT2D eigenvalue weighted by Gasteiger charge is 2.11. The van der Waals surface area contributed by atoms with Gasteiger partial charge in [-0.15, -0.1) is 0 Å². The average molecular weight is 223 g/mol. The highest BCUT2D eigenvalue weighted by Crippen LogP contribution is 2.07. The van der Waals surface area contributed by atoms with Crippen molar-refractivity contribution >= 4 is 5.78 Å². The molecule has 0 radical (unpaired) electrons. The Kier molecular flexibility index (Phi) is 4.19. The fourth-order valence-corrected chi connectivity index (χ4v) is 1.36. The number of ketones is 1. The molecule has 1 rings (SSSR count). The van der Waals surface area contributed by atoms with Crippen LogP contribution in [0.4, 0.5) is 4.39 Å². The molecule has 0 heterocycles. The van der Waals surface area contributed by atoms with Gasteiger partial charge in [-0.3, -0.25) is 4.79 Å². The highest BCUT2D eigenvalue weighted by atomic mass is 19.1. The van der Waals surface area contributed by atoms with Crippen molar-refractivity contribution in [3.05, 3.63) is 35.6 Å². The fraction of sp³-hybridized carbons (Fsp3) is 0.462. The quantitative estimate of drug-likeness (QED) is 0.795. The summed E-state index contributed by atoms with van der Waals surface area (Å²) in [5.41, 5.74) is 0.443. The van der Waals surface area contributed by atoms with Crippen LogP contribution in [0.25, 0.3) is 0 Å². The van der Waals surface area contributed by atoms with Gasteiger partial charge in [0.15, 0.2) is 5.78 Å². The van der Waals surface area contributed by atoms with Crippen LogP contribution in [0.3, 0.4) is 0 Å². The van der Waals surface area contributed by atoms with E-state index in [1.165, 1.54) is 12.1 Å². The summed E-state index contributed by atoms with van der Waals surface area (Å²) in [5.74, 6) is -0.397. The highest BCUT2D eigenvalue weighted by molar-refractivity contribution is 5.96. The van der Waals surface area contributed by atoms with E-state index in [9.17, 15) is 9.18 Å². The summed E-state index contributed by atoms with van der Waals surface area (Å²) in [4.78, 5) is 11.7. The van der Waals surface area contributed by atoms with Crippen molar-refractivity contribution in [3.63, 3.8) is 0 Å². The Morgan fingerprint density at radius 1 is 1.38 bits per heavy atom. The van der Waals surface area contributed by atoms with Crippen LogP contribution >= 0.6 is 0 Å². The third-order valence-electron chi connectivity index (χ3n) is 2.15. The van der Waals surface area contributed by atoms with E-state index in [4.69, 9.17) is 0 Å². The average Bonchev–Trinajstić information content (AvgIpc) is 2.15. The van der Waals surface area contributed by atoms with Gasteiger partial charge in [0.2, 0.25) is 0 Å². The molecule has 1 aromatic rings. The Morgan fingerprint density at radius 2 is 2.06 bits per heavy atom. The van der Waals surface area contributed by atoms with Crippen LogP contribution in [-0.4, -0.2) is 17.9 Å². The van der Waals surface area contributed by atoms with Crippen molar-refractivity contribution in [1.29, 1.82) is 0 Å². The first-order valence-electron chi connectivity index (χ1n) is 5.42. The van der Waals surface area contributed by atoms with Crippen LogP contribution in [0.2, 0.25) is 0 Å². The van der Waals surface area contributed by atoms with Gasteiger partial charge in [0, 0.05) is 24.1 Å². The summed E-state index contributed by atoms with van der Waals surface area (Å²) in [5, 5.41) is 3.22. The molecule has 2 nitrogen and oxygen atoms in total. The van der Waals surface area contributed by atoms with Crippen molar-refractivity contribution in [2.45, 2.75) is 32.7 Å². The predicted molar refractivity (Wildman–Crippen MR) is 63.1 cm³/mol. The van der Waals surface area contributed by atoms with Gasteiger partial charge in [-0.2, -0.15) is 0 Å². The molecule has 0 saturated carbocycles. The van der Waals surface area contributed by atoms with E-state index in [0.29, 0.717) is 18.5 Å². The molecule has 0 aliphatic carbocycles. The van der Waals surface area contributed by atoms with E-state index in [2.05, 4.69) is 5.32 Å². The molecule has 0 aliphatic rings. The lowest BCUT2D eigenvalue weighted by molar-refractivity contribution is 0.0980. The lowest BCUT2D eigenvalue weighted by atomic mass is 10.1. The maximum absolute atomic E-state index is 12.9. The van der Waals surface area contributed by atoms with E-state index in [1.54, 1.807) is 12.1 Å². The number of rotatable bonds is 4. The van der Waals surface area contributed by atoms with E-state index < -0.39 is 0 Å². The third-order valence-corrected chi connectivity index (χ3v) is 2.15. The van der Waals surface area contributed by atoms with Gasteiger partial charge in [0.1, 0.15) is 5.82 Å². The number of carbonyl (C=O) groups excluding carboxylic acids is 1. The summed E-state index contributed by atoms with van der Waals surface area (Å²) < 4.78 is 12.9. The van der Waals surface area contributed by atoms with Crippen molar-refractivity contribution in [2.75, 3.05) is 6.54 Å². The number of nitrogens with one attached hydrogen (secondary N) is 1. The van der Waals surface area contributed by atoms with E-state index in [1.807, 2.05) is 20.8 Å². The molecule has 0 saturated heterocycles. The summed E-state index contributed by atoms with van der Waals surface area (Å²) in [6.07, 6.45) is 0.390. The number of hydrogen-bond donors (Lipinski definition) is 1. The van der Waals surface area contributed by atoms with Gasteiger partial charge < -0.3 is 5.32 Å². The minimum absolute atomic E-state index is 0.00220. The van der Waals surface area contributed by atoms with Gasteiger partial charge in [0.25, 0.3) is 0 Å². The topological polar surface area (TPSA) is 29.1 Å². The molecule has 0 atom stereocenters. The zero-order valence-corrected chi connectivity index (χ0v) is 10.0. The van der Waals surface area contributed by atoms with Crippen LogP contribution in [-0.2, 0) is 0 Å². The summed E-state index contributed by atoms with van der Waals surface area (Å²) in [7, 11) is 0. The van der Waals surface area contributed by atoms with E-state index >= 15 is 0 Å². The van der Waals surface area contributed by atoms with Gasteiger partial charge in [-0.05, 0) is 32.9 Å². The molecule has 3 heteroatoms. The second-order valence-electron chi connectivity index (χ2n) is 4.86. The Balaban J connectivity index is 2.47. The molecular formula is C13H18FNO. The van der Waals surface area contributed by atoms with Gasteiger partial charge >= 0.3 is 0 Å². The summed E-state index contributed by atoms with van der Waals surface area (Å²) >= 11 is 0. The molecule has 0 unspecified atom stereocenters. The van der Waals surface area contributed by atoms with Gasteiger partial charge in [-0.25, -0.2) is 4.39 Å². The lowest BCUT2D eigenvalue weighted by Gasteiger charge is -2.20. The van der Waals surface area contributed by atoms with Crippen LogP contribution in [0.5, 0.6) is 0 Å². The molecule has 1 aromatic carbocycles. The number of halogens is 1. The number of Topliss-reactive ketones (excluding diaryl/α,β-unsaturated/α-hetero) is 1. The number of benzene rings is 1. The summed E-state index contributed by atoms with van der Waals surface area (Å²) in [6.45, 7) is 6.73. The molecule has 0 fully saturated rings. The van der Waals surface area contributed by atoms with Crippen molar-refractivity contribution in [3.8, 4) is 0 Å². The zero-order valence-electron chi connectivity index (χ0n) is 10.0. The zero-order chi connectivity index (χ0) is 12.2. The minimum Gasteiger partial charge on any atom is -0.312 e. The molecule has 0 aliphatic heterocycles. The molecule has 88 valence electrons. The van der Waals surface area contributed by atoms with Crippen LogP contribution in [0.1, 0.15) is 37.6 Å². The largest absolute Gasteiger partial charge is 0.312 e. The Hall–Kier alpha value is -1.22. The predicted octanol–water partition coefficient (Wildman–Crippen LogP) is 2.79. The normalized spacial score (nSPS) is 11.5. The van der Waals surface area contributed by atoms with Crippen molar-refractivity contribution in [2.24, 2.45) is 0 Å². The smallest absolute Gasteiger partial charge is 0.164 e. The molecule has 1 N–H and O–H groups in total. The minimum atomic E-state index is -0.366. The summed E-state index contributed by atoms with van der Waals surface area (Å²) in [6, 6.07) is 5.81. The van der Waals surface area contributed by atoms with Crippen molar-refractivity contribution < 1.29 is 9.18 Å². The van der Waals surface area contributed by atoms with E-state index in [0.717, 1.165) is 0 Å². The monoisotopic (exact) mass is 223 g/mol. The maximum atomic E-state index is 12.9. The second-order valence-corrected chi connectivity index (χ2v) is 4.86. The maximum Gasteiger partial charge on any atom is 0.164 e. The second kappa shape index (κ2) is 5.21. The first kappa shape index (κ1) is 12.8. The van der Waals surface area contributed by atoms with Crippen LogP contribution < -0.4 is 5.32 Å². The third kappa shape index (κ3) is 4.53. The first-order valence-corrected chi connectivity index (χ1v) is 5.42. The molecule has 0 bridgehead atoms. The Labute approximate surface area is 95.9 Å². The fourth-order valence-electron chi connectivity index (χ4n) is 1.36. The first-order chi connectivity index (χ1) is 7.38. The number of carbonyl (C=O) groups is 1. The SMILES string of the molecule is CC(C)(C)NCCC(=O)c1cccc(F)c1. The Bertz CT molecular complexity index is 368. The van der Waals surface area contributed by atoms with Gasteiger partial charge in [-0.1, -0.05) is 12.1 Å². The molecule has 0 spiro atoms. The standard InChI is InChI=1S/C13H18FNO/c1-13(2,3)15-8-7-12(16)10-5-4-6-11(14)9-10/h4-6,9,15H,7-8H2,1-3H3. The van der Waals surface area contributed by atoms with Crippen LogP contribution in [0.15, 0.2) is 24.3 Å². The van der Waals surface area contributed by atoms with Crippen molar-refractivity contribution in [1.82, 2.24) is 5.32 Å². The van der Waals surface area contributed by atoms with Crippen LogP contribution in [0, 0.1) is 5.82 Å². The molecule has 16 heavy (non-hydrogen) atoms. The number of hydrogen-bond acceptors (Lipinski definition) is 2. The van der Waals surface area contributed by atoms with E-state index in [-0.39, 0.29) is 17.1 Å². The Morgan fingerprint density at radius 3 is 2.62 bits per heavy atom. The molecule has 0 aromatic heterocycles. The molecule has 0 amide bonds.